The van der Waals surface area contributed by atoms with Crippen LogP contribution in [0.15, 0.2) is 48.5 Å². The van der Waals surface area contributed by atoms with Crippen molar-refractivity contribution in [2.45, 2.75) is 6.92 Å². The van der Waals surface area contributed by atoms with E-state index in [0.717, 1.165) is 16.9 Å². The van der Waals surface area contributed by atoms with Gasteiger partial charge >= 0.3 is 0 Å². The summed E-state index contributed by atoms with van der Waals surface area (Å²) in [5, 5.41) is 9.19. The highest BCUT2D eigenvalue weighted by Crippen LogP contribution is 2.18. The Hall–Kier alpha value is -2.55. The van der Waals surface area contributed by atoms with Gasteiger partial charge in [0.2, 0.25) is 0 Å². The molecule has 2 rings (SSSR count). The van der Waals surface area contributed by atoms with Crippen molar-refractivity contribution in [2.75, 3.05) is 7.11 Å². The molecule has 0 aliphatic heterocycles. The van der Waals surface area contributed by atoms with Crippen LogP contribution in [0.4, 0.5) is 0 Å². The fourth-order valence-electron chi connectivity index (χ4n) is 1.85. The van der Waals surface area contributed by atoms with Gasteiger partial charge in [-0.15, -0.1) is 0 Å². The predicted molar refractivity (Wildman–Crippen MR) is 79.2 cm³/mol. The third kappa shape index (κ3) is 3.26. The maximum absolute atomic E-state index is 12.0. The molecule has 3 nitrogen and oxygen atoms in total. The van der Waals surface area contributed by atoms with E-state index in [1.807, 2.05) is 25.1 Å². The number of ether oxygens (including phenoxy) is 1. The highest BCUT2D eigenvalue weighted by atomic mass is 16.5. The van der Waals surface area contributed by atoms with Gasteiger partial charge in [-0.3, -0.25) is 4.79 Å². The summed E-state index contributed by atoms with van der Waals surface area (Å²) in [6, 6.07) is 11.9. The van der Waals surface area contributed by atoms with Crippen LogP contribution in [0.25, 0.3) is 6.08 Å². The fourth-order valence-corrected chi connectivity index (χ4v) is 1.85. The quantitative estimate of drug-likeness (QED) is 0.680. The Kier molecular flexibility index (Phi) is 4.20. The van der Waals surface area contributed by atoms with Crippen LogP contribution in [0.5, 0.6) is 11.5 Å². The van der Waals surface area contributed by atoms with E-state index < -0.39 is 0 Å². The molecule has 0 spiro atoms. The van der Waals surface area contributed by atoms with Gasteiger partial charge in [0.25, 0.3) is 0 Å². The second kappa shape index (κ2) is 6.06. The minimum absolute atomic E-state index is 0.0970. The molecule has 0 radical (unpaired) electrons. The first-order chi connectivity index (χ1) is 9.60. The van der Waals surface area contributed by atoms with Crippen molar-refractivity contribution in [1.82, 2.24) is 0 Å². The normalized spacial score (nSPS) is 10.7. The van der Waals surface area contributed by atoms with Gasteiger partial charge in [0, 0.05) is 5.56 Å². The van der Waals surface area contributed by atoms with Crippen molar-refractivity contribution in [3.05, 3.63) is 65.2 Å². The van der Waals surface area contributed by atoms with Crippen LogP contribution >= 0.6 is 0 Å². The van der Waals surface area contributed by atoms with Crippen molar-refractivity contribution in [3.63, 3.8) is 0 Å². The summed E-state index contributed by atoms with van der Waals surface area (Å²) < 4.78 is 5.14. The van der Waals surface area contributed by atoms with Gasteiger partial charge in [-0.05, 0) is 60.5 Å². The van der Waals surface area contributed by atoms with Gasteiger partial charge in [0.1, 0.15) is 11.5 Å². The molecule has 3 heteroatoms. The van der Waals surface area contributed by atoms with Crippen LogP contribution in [-0.2, 0) is 0 Å². The van der Waals surface area contributed by atoms with Crippen LogP contribution in [0.2, 0.25) is 0 Å². The van der Waals surface area contributed by atoms with Crippen molar-refractivity contribution < 1.29 is 14.6 Å². The summed E-state index contributed by atoms with van der Waals surface area (Å²) in [5.41, 5.74) is 2.56. The molecule has 0 aliphatic rings. The Morgan fingerprint density at radius 3 is 2.45 bits per heavy atom. The molecule has 0 heterocycles. The monoisotopic (exact) mass is 268 g/mol. The summed E-state index contributed by atoms with van der Waals surface area (Å²) in [6.45, 7) is 1.97. The number of aryl methyl sites for hydroxylation is 1. The zero-order chi connectivity index (χ0) is 14.5. The lowest BCUT2D eigenvalue weighted by atomic mass is 10.1. The number of carbonyl (C=O) groups excluding carboxylic acids is 1. The lowest BCUT2D eigenvalue weighted by molar-refractivity contribution is 0.104. The summed E-state index contributed by atoms with van der Waals surface area (Å²) in [7, 11) is 1.62. The number of aromatic hydroxyl groups is 1. The molecule has 20 heavy (non-hydrogen) atoms. The summed E-state index contributed by atoms with van der Waals surface area (Å²) in [4.78, 5) is 12.0. The van der Waals surface area contributed by atoms with Crippen molar-refractivity contribution in [3.8, 4) is 11.5 Å². The third-order valence-corrected chi connectivity index (χ3v) is 3.04. The number of allylic oxidation sites excluding steroid dienone is 1. The molecule has 0 aromatic heterocycles. The van der Waals surface area contributed by atoms with Gasteiger partial charge in [0.05, 0.1) is 7.11 Å². The average Bonchev–Trinajstić information content (AvgIpc) is 2.46. The summed E-state index contributed by atoms with van der Waals surface area (Å²) >= 11 is 0. The molecule has 2 aromatic rings. The number of carbonyl (C=O) groups is 1. The molecule has 0 saturated heterocycles. The van der Waals surface area contributed by atoms with Gasteiger partial charge in [-0.2, -0.15) is 0 Å². The Morgan fingerprint density at radius 1 is 1.15 bits per heavy atom. The Balaban J connectivity index is 2.16. The predicted octanol–water partition coefficient (Wildman–Crippen LogP) is 3.61. The number of methoxy groups -OCH3 is 1. The summed E-state index contributed by atoms with van der Waals surface area (Å²) in [6.07, 6.45) is 3.31. The number of phenolic OH excluding ortho intramolecular Hbond substituents is 1. The van der Waals surface area contributed by atoms with E-state index in [2.05, 4.69) is 0 Å². The second-order valence-electron chi connectivity index (χ2n) is 4.47. The standard InChI is InChI=1S/C17H16O3/c1-12-11-16(20-2)9-5-13(12)6-10-17(19)14-3-7-15(18)8-4-14/h3-11,18H,1-2H3/b10-6+. The molecule has 0 amide bonds. The lowest BCUT2D eigenvalue weighted by Gasteiger charge is -2.04. The van der Waals surface area contributed by atoms with Crippen LogP contribution in [0, 0.1) is 6.92 Å². The first-order valence-corrected chi connectivity index (χ1v) is 6.26. The van der Waals surface area contributed by atoms with Crippen LogP contribution in [-0.4, -0.2) is 18.0 Å². The zero-order valence-electron chi connectivity index (χ0n) is 11.5. The second-order valence-corrected chi connectivity index (χ2v) is 4.47. The number of ketones is 1. The highest BCUT2D eigenvalue weighted by molar-refractivity contribution is 6.06. The maximum Gasteiger partial charge on any atom is 0.185 e. The van der Waals surface area contributed by atoms with Crippen LogP contribution < -0.4 is 4.74 Å². The van der Waals surface area contributed by atoms with E-state index in [1.165, 1.54) is 18.2 Å². The zero-order valence-corrected chi connectivity index (χ0v) is 11.5. The molecule has 102 valence electrons. The molecular formula is C17H16O3. The molecule has 0 fully saturated rings. The van der Waals surface area contributed by atoms with Crippen molar-refractivity contribution >= 4 is 11.9 Å². The van der Waals surface area contributed by atoms with Crippen LogP contribution in [0.1, 0.15) is 21.5 Å². The molecular weight excluding hydrogens is 252 g/mol. The lowest BCUT2D eigenvalue weighted by Crippen LogP contribution is -1.93. The Bertz CT molecular complexity index is 640. The number of hydrogen-bond acceptors (Lipinski definition) is 3. The largest absolute Gasteiger partial charge is 0.508 e. The smallest absolute Gasteiger partial charge is 0.185 e. The first-order valence-electron chi connectivity index (χ1n) is 6.26. The molecule has 1 N–H and O–H groups in total. The van der Waals surface area contributed by atoms with E-state index in [9.17, 15) is 9.90 Å². The molecule has 2 aromatic carbocycles. The van der Waals surface area contributed by atoms with E-state index in [4.69, 9.17) is 4.74 Å². The topological polar surface area (TPSA) is 46.5 Å². The summed E-state index contributed by atoms with van der Waals surface area (Å²) in [5.74, 6) is 0.848. The van der Waals surface area contributed by atoms with E-state index in [0.29, 0.717) is 5.56 Å². The van der Waals surface area contributed by atoms with Gasteiger partial charge < -0.3 is 9.84 Å². The van der Waals surface area contributed by atoms with E-state index >= 15 is 0 Å². The van der Waals surface area contributed by atoms with Crippen molar-refractivity contribution in [1.29, 1.82) is 0 Å². The number of phenols is 1. The van der Waals surface area contributed by atoms with E-state index in [1.54, 1.807) is 25.3 Å². The highest BCUT2D eigenvalue weighted by Gasteiger charge is 2.02. The van der Waals surface area contributed by atoms with Gasteiger partial charge in [0.15, 0.2) is 5.78 Å². The number of hydrogen-bond donors (Lipinski definition) is 1. The van der Waals surface area contributed by atoms with E-state index in [-0.39, 0.29) is 11.5 Å². The van der Waals surface area contributed by atoms with Crippen molar-refractivity contribution in [2.24, 2.45) is 0 Å². The molecule has 0 unspecified atom stereocenters. The Morgan fingerprint density at radius 2 is 1.85 bits per heavy atom. The third-order valence-electron chi connectivity index (χ3n) is 3.04. The number of benzene rings is 2. The molecule has 0 aliphatic carbocycles. The minimum Gasteiger partial charge on any atom is -0.508 e. The minimum atomic E-state index is -0.0970. The molecule has 0 bridgehead atoms. The number of rotatable bonds is 4. The molecule has 0 saturated carbocycles. The Labute approximate surface area is 118 Å². The SMILES string of the molecule is COc1ccc(/C=C/C(=O)c2ccc(O)cc2)c(C)c1. The van der Waals surface area contributed by atoms with Gasteiger partial charge in [-0.25, -0.2) is 0 Å². The first kappa shape index (κ1) is 13.9. The average molecular weight is 268 g/mol. The molecule has 0 atom stereocenters. The van der Waals surface area contributed by atoms with Gasteiger partial charge in [-0.1, -0.05) is 12.1 Å². The maximum atomic E-state index is 12.0. The van der Waals surface area contributed by atoms with Crippen LogP contribution in [0.3, 0.4) is 0 Å². The fraction of sp³-hybridized carbons (Fsp3) is 0.118.